The topological polar surface area (TPSA) is 94.1 Å². The summed E-state index contributed by atoms with van der Waals surface area (Å²) in [5.41, 5.74) is 1.86. The minimum absolute atomic E-state index is 0.101. The first-order valence-electron chi connectivity index (χ1n) is 11.7. The van der Waals surface area contributed by atoms with Crippen LogP contribution < -0.4 is 14.8 Å². The largest absolute Gasteiger partial charge is 0.497 e. The number of aliphatic hydroxyl groups is 1. The Morgan fingerprint density at radius 3 is 2.11 bits per heavy atom. The summed E-state index contributed by atoms with van der Waals surface area (Å²) in [5.74, 6) is 0.504. The van der Waals surface area contributed by atoms with E-state index in [2.05, 4.69) is 19.2 Å². The minimum Gasteiger partial charge on any atom is -0.497 e. The molecule has 2 N–H and O–H groups in total. The molecule has 190 valence electrons. The van der Waals surface area contributed by atoms with E-state index in [0.717, 1.165) is 12.2 Å². The molecule has 0 bridgehead atoms. The molecule has 0 aliphatic carbocycles. The lowest BCUT2D eigenvalue weighted by atomic mass is 9.94. The molecule has 0 amide bonds. The van der Waals surface area contributed by atoms with Crippen LogP contribution in [0.1, 0.15) is 45.7 Å². The van der Waals surface area contributed by atoms with Gasteiger partial charge in [0.2, 0.25) is 0 Å². The molecule has 36 heavy (non-hydrogen) atoms. The van der Waals surface area contributed by atoms with Gasteiger partial charge in [0.15, 0.2) is 5.78 Å². The molecule has 7 nitrogen and oxygen atoms in total. The molecular weight excluding hydrogens is 458 g/mol. The number of carbonyl (C=O) groups excluding carboxylic acids is 2. The van der Waals surface area contributed by atoms with Crippen molar-refractivity contribution in [3.8, 4) is 11.5 Å². The second kappa shape index (κ2) is 12.3. The third-order valence-electron chi connectivity index (χ3n) is 5.76. The first kappa shape index (κ1) is 26.9. The molecule has 0 aliphatic rings. The van der Waals surface area contributed by atoms with Crippen molar-refractivity contribution >= 4 is 11.8 Å². The van der Waals surface area contributed by atoms with Crippen LogP contribution in [0.15, 0.2) is 72.8 Å². The van der Waals surface area contributed by atoms with E-state index < -0.39 is 12.1 Å². The lowest BCUT2D eigenvalue weighted by molar-refractivity contribution is 0.0597. The van der Waals surface area contributed by atoms with Crippen LogP contribution >= 0.6 is 0 Å². The molecule has 1 unspecified atom stereocenters. The van der Waals surface area contributed by atoms with Crippen LogP contribution in [0, 0.1) is 0 Å². The number of β-amino-alcohol motifs (C(OH)–C–C–N with tert-alkyl or cyclic N) is 1. The van der Waals surface area contributed by atoms with Crippen LogP contribution in [0.3, 0.4) is 0 Å². The summed E-state index contributed by atoms with van der Waals surface area (Å²) in [7, 11) is 2.92. The maximum absolute atomic E-state index is 12.9. The maximum atomic E-state index is 12.9. The van der Waals surface area contributed by atoms with Crippen molar-refractivity contribution < 1.29 is 28.9 Å². The number of esters is 1. The summed E-state index contributed by atoms with van der Waals surface area (Å²) >= 11 is 0. The Morgan fingerprint density at radius 2 is 1.50 bits per heavy atom. The van der Waals surface area contributed by atoms with E-state index in [0.29, 0.717) is 17.9 Å². The van der Waals surface area contributed by atoms with Crippen LogP contribution in [0.4, 0.5) is 0 Å². The molecule has 0 fully saturated rings. The number of benzene rings is 3. The van der Waals surface area contributed by atoms with E-state index in [1.165, 1.54) is 12.7 Å². The van der Waals surface area contributed by atoms with Crippen molar-refractivity contribution in [3.63, 3.8) is 0 Å². The normalized spacial score (nSPS) is 12.0. The number of rotatable bonds is 12. The van der Waals surface area contributed by atoms with Crippen molar-refractivity contribution in [2.24, 2.45) is 0 Å². The fourth-order valence-corrected chi connectivity index (χ4v) is 3.79. The molecule has 0 aromatic heterocycles. The van der Waals surface area contributed by atoms with E-state index in [-0.39, 0.29) is 29.1 Å². The van der Waals surface area contributed by atoms with Gasteiger partial charge in [0, 0.05) is 23.2 Å². The summed E-state index contributed by atoms with van der Waals surface area (Å²) in [6.07, 6.45) is 0.0764. The Hall–Kier alpha value is -3.68. The highest BCUT2D eigenvalue weighted by Gasteiger charge is 2.20. The monoisotopic (exact) mass is 491 g/mol. The predicted octanol–water partition coefficient (Wildman–Crippen LogP) is 4.06. The fraction of sp³-hybridized carbons (Fsp3) is 0.310. The van der Waals surface area contributed by atoms with Gasteiger partial charge >= 0.3 is 5.97 Å². The second-order valence-corrected chi connectivity index (χ2v) is 9.15. The summed E-state index contributed by atoms with van der Waals surface area (Å²) in [6.45, 7) is 4.63. The molecular formula is C29H33NO6. The quantitative estimate of drug-likeness (QED) is 0.291. The number of hydrogen-bond donors (Lipinski definition) is 2. The highest BCUT2D eigenvalue weighted by atomic mass is 16.5. The molecule has 1 atom stereocenters. The summed E-state index contributed by atoms with van der Waals surface area (Å²) in [5, 5.41) is 13.8. The average Bonchev–Trinajstić information content (AvgIpc) is 2.90. The number of ether oxygens (including phenoxy) is 3. The molecule has 3 aromatic rings. The van der Waals surface area contributed by atoms with Gasteiger partial charge < -0.3 is 24.6 Å². The van der Waals surface area contributed by atoms with Gasteiger partial charge in [-0.05, 0) is 68.3 Å². The van der Waals surface area contributed by atoms with Gasteiger partial charge in [-0.2, -0.15) is 0 Å². The van der Waals surface area contributed by atoms with Crippen LogP contribution in [0.5, 0.6) is 11.5 Å². The molecule has 3 rings (SSSR count). The van der Waals surface area contributed by atoms with Crippen molar-refractivity contribution in [1.82, 2.24) is 5.32 Å². The van der Waals surface area contributed by atoms with Gasteiger partial charge in [-0.3, -0.25) is 4.79 Å². The van der Waals surface area contributed by atoms with Crippen LogP contribution in [0.2, 0.25) is 0 Å². The highest BCUT2D eigenvalue weighted by Crippen LogP contribution is 2.19. The Kier molecular flexibility index (Phi) is 9.22. The SMILES string of the molecule is COC(=O)c1ccccc1C(=O)c1ccc(OCC(O)CNC(C)(C)Cc2ccc(OC)cc2)cc1. The lowest BCUT2D eigenvalue weighted by Crippen LogP contribution is -2.46. The van der Waals surface area contributed by atoms with Gasteiger partial charge in [-0.1, -0.05) is 30.3 Å². The van der Waals surface area contributed by atoms with E-state index in [4.69, 9.17) is 14.2 Å². The number of nitrogens with one attached hydrogen (secondary N) is 1. The van der Waals surface area contributed by atoms with Gasteiger partial charge in [-0.25, -0.2) is 4.79 Å². The predicted molar refractivity (Wildman–Crippen MR) is 138 cm³/mol. The number of ketones is 1. The van der Waals surface area contributed by atoms with E-state index in [1.807, 2.05) is 24.3 Å². The molecule has 0 aliphatic heterocycles. The Labute approximate surface area is 212 Å². The number of aliphatic hydroxyl groups excluding tert-OH is 1. The lowest BCUT2D eigenvalue weighted by Gasteiger charge is -2.28. The first-order chi connectivity index (χ1) is 17.2. The smallest absolute Gasteiger partial charge is 0.338 e. The third kappa shape index (κ3) is 7.41. The number of carbonyl (C=O) groups is 2. The zero-order chi connectivity index (χ0) is 26.1. The molecule has 0 heterocycles. The van der Waals surface area contributed by atoms with Gasteiger partial charge in [0.1, 0.15) is 24.2 Å². The summed E-state index contributed by atoms with van der Waals surface area (Å²) < 4.78 is 15.7. The van der Waals surface area contributed by atoms with Crippen LogP contribution in [0.25, 0.3) is 0 Å². The van der Waals surface area contributed by atoms with E-state index in [9.17, 15) is 14.7 Å². The number of methoxy groups -OCH3 is 2. The van der Waals surface area contributed by atoms with Gasteiger partial charge in [0.25, 0.3) is 0 Å². The molecule has 0 spiro atoms. The molecule has 0 saturated carbocycles. The molecule has 3 aromatic carbocycles. The standard InChI is InChI=1S/C29H33NO6/c1-29(2,17-20-9-13-23(34-3)14-10-20)30-18-22(31)19-36-24-15-11-21(12-16-24)27(32)25-7-5-6-8-26(25)28(33)35-4/h5-16,22,30-31H,17-19H2,1-4H3. The highest BCUT2D eigenvalue weighted by molar-refractivity contribution is 6.14. The second-order valence-electron chi connectivity index (χ2n) is 9.15. The number of hydrogen-bond acceptors (Lipinski definition) is 7. The molecule has 0 radical (unpaired) electrons. The van der Waals surface area contributed by atoms with Crippen LogP contribution in [-0.2, 0) is 11.2 Å². The third-order valence-corrected chi connectivity index (χ3v) is 5.76. The summed E-state index contributed by atoms with van der Waals surface area (Å²) in [6, 6.07) is 21.1. The average molecular weight is 492 g/mol. The Balaban J connectivity index is 1.50. The van der Waals surface area contributed by atoms with Crippen molar-refractivity contribution in [2.75, 3.05) is 27.4 Å². The van der Waals surface area contributed by atoms with E-state index in [1.54, 1.807) is 55.6 Å². The van der Waals surface area contributed by atoms with Crippen molar-refractivity contribution in [1.29, 1.82) is 0 Å². The maximum Gasteiger partial charge on any atom is 0.338 e. The zero-order valence-corrected chi connectivity index (χ0v) is 21.1. The zero-order valence-electron chi connectivity index (χ0n) is 21.1. The van der Waals surface area contributed by atoms with Crippen LogP contribution in [-0.4, -0.2) is 55.9 Å². The van der Waals surface area contributed by atoms with E-state index >= 15 is 0 Å². The minimum atomic E-state index is -0.714. The molecule has 7 heteroatoms. The summed E-state index contributed by atoms with van der Waals surface area (Å²) in [4.78, 5) is 24.9. The van der Waals surface area contributed by atoms with Gasteiger partial charge in [0.05, 0.1) is 19.8 Å². The fourth-order valence-electron chi connectivity index (χ4n) is 3.79. The Bertz CT molecular complexity index is 1160. The van der Waals surface area contributed by atoms with Crippen molar-refractivity contribution in [3.05, 3.63) is 95.1 Å². The molecule has 0 saturated heterocycles. The van der Waals surface area contributed by atoms with Crippen molar-refractivity contribution in [2.45, 2.75) is 31.9 Å². The Morgan fingerprint density at radius 1 is 0.889 bits per heavy atom. The van der Waals surface area contributed by atoms with Gasteiger partial charge in [-0.15, -0.1) is 0 Å². The first-order valence-corrected chi connectivity index (χ1v) is 11.7.